The maximum absolute atomic E-state index is 6.35. The second-order valence-electron chi connectivity index (χ2n) is 5.01. The summed E-state index contributed by atoms with van der Waals surface area (Å²) in [7, 11) is 0. The number of rotatable bonds is 3. The third-order valence-electron chi connectivity index (χ3n) is 3.52. The monoisotopic (exact) mass is 390 g/mol. The smallest absolute Gasteiger partial charge is 0.0484 e. The third kappa shape index (κ3) is 3.22. The number of benzene rings is 3. The minimum atomic E-state index is 0.749. The minimum Gasteiger partial charge on any atom is -0.0876 e. The van der Waals surface area contributed by atoms with E-state index >= 15 is 0 Å². The van der Waals surface area contributed by atoms with E-state index in [4.69, 9.17) is 23.2 Å². The van der Waals surface area contributed by atoms with E-state index < -0.39 is 0 Å². The first kappa shape index (κ1) is 15.6. The van der Waals surface area contributed by atoms with Crippen molar-refractivity contribution < 1.29 is 0 Å². The number of alkyl halides is 1. The summed E-state index contributed by atoms with van der Waals surface area (Å²) in [6, 6.07) is 22.2. The maximum atomic E-state index is 6.35. The Balaban J connectivity index is 2.20. The summed E-state index contributed by atoms with van der Waals surface area (Å²) in [4.78, 5) is 0. The van der Waals surface area contributed by atoms with E-state index in [1.165, 1.54) is 5.56 Å². The van der Waals surface area contributed by atoms with Gasteiger partial charge in [-0.1, -0.05) is 87.7 Å². The molecule has 0 radical (unpaired) electrons. The van der Waals surface area contributed by atoms with E-state index in [0.29, 0.717) is 0 Å². The van der Waals surface area contributed by atoms with Crippen LogP contribution in [0.3, 0.4) is 0 Å². The molecule has 0 N–H and O–H groups in total. The molecule has 0 aliphatic carbocycles. The largest absolute Gasteiger partial charge is 0.0876 e. The van der Waals surface area contributed by atoms with Crippen LogP contribution in [0.5, 0.6) is 0 Å². The molecule has 3 aromatic rings. The zero-order chi connectivity index (χ0) is 15.5. The van der Waals surface area contributed by atoms with Crippen LogP contribution in [0.15, 0.2) is 66.7 Å². The molecule has 0 aliphatic rings. The topological polar surface area (TPSA) is 0 Å². The highest BCUT2D eigenvalue weighted by Gasteiger charge is 2.09. The van der Waals surface area contributed by atoms with E-state index in [1.807, 2.05) is 48.5 Å². The molecule has 110 valence electrons. The molecule has 0 spiro atoms. The first-order valence-electron chi connectivity index (χ1n) is 6.89. The maximum Gasteiger partial charge on any atom is 0.0484 e. The van der Waals surface area contributed by atoms with Gasteiger partial charge in [-0.15, -0.1) is 0 Å². The van der Waals surface area contributed by atoms with Crippen LogP contribution in [0.2, 0.25) is 10.0 Å². The fourth-order valence-electron chi connectivity index (χ4n) is 2.47. The molecule has 22 heavy (non-hydrogen) atoms. The van der Waals surface area contributed by atoms with E-state index in [-0.39, 0.29) is 0 Å². The highest BCUT2D eigenvalue weighted by molar-refractivity contribution is 9.08. The normalized spacial score (nSPS) is 10.7. The molecule has 0 aromatic heterocycles. The molecule has 3 aromatic carbocycles. The predicted molar refractivity (Wildman–Crippen MR) is 100.0 cm³/mol. The lowest BCUT2D eigenvalue weighted by Gasteiger charge is -2.11. The van der Waals surface area contributed by atoms with Crippen molar-refractivity contribution in [3.8, 4) is 22.3 Å². The zero-order valence-corrected chi connectivity index (χ0v) is 14.8. The van der Waals surface area contributed by atoms with Crippen LogP contribution < -0.4 is 0 Å². The van der Waals surface area contributed by atoms with E-state index in [9.17, 15) is 0 Å². The van der Waals surface area contributed by atoms with Crippen molar-refractivity contribution in [3.05, 3.63) is 82.3 Å². The molecular formula is C19H13BrCl2. The Hall–Kier alpha value is -1.28. The molecular weight excluding hydrogens is 379 g/mol. The Kier molecular flexibility index (Phi) is 4.87. The first-order valence-corrected chi connectivity index (χ1v) is 8.76. The lowest BCUT2D eigenvalue weighted by Crippen LogP contribution is -1.87. The highest BCUT2D eigenvalue weighted by Crippen LogP contribution is 2.35. The van der Waals surface area contributed by atoms with Crippen molar-refractivity contribution in [1.82, 2.24) is 0 Å². The molecule has 0 heterocycles. The summed E-state index contributed by atoms with van der Waals surface area (Å²) >= 11 is 16.2. The van der Waals surface area contributed by atoms with Gasteiger partial charge < -0.3 is 0 Å². The van der Waals surface area contributed by atoms with Gasteiger partial charge in [0.05, 0.1) is 0 Å². The van der Waals surface area contributed by atoms with Gasteiger partial charge >= 0.3 is 0 Å². The van der Waals surface area contributed by atoms with Crippen LogP contribution in [-0.2, 0) is 5.33 Å². The van der Waals surface area contributed by atoms with Gasteiger partial charge in [0.1, 0.15) is 0 Å². The van der Waals surface area contributed by atoms with Crippen molar-refractivity contribution in [3.63, 3.8) is 0 Å². The van der Waals surface area contributed by atoms with E-state index in [0.717, 1.165) is 37.6 Å². The van der Waals surface area contributed by atoms with Crippen molar-refractivity contribution in [2.75, 3.05) is 0 Å². The third-order valence-corrected chi connectivity index (χ3v) is 4.82. The van der Waals surface area contributed by atoms with Gasteiger partial charge in [0.2, 0.25) is 0 Å². The van der Waals surface area contributed by atoms with Crippen LogP contribution in [0.4, 0.5) is 0 Å². The summed E-state index contributed by atoms with van der Waals surface area (Å²) in [6.07, 6.45) is 0. The molecule has 0 amide bonds. The number of hydrogen-bond donors (Lipinski definition) is 0. The van der Waals surface area contributed by atoms with Crippen molar-refractivity contribution in [2.45, 2.75) is 5.33 Å². The zero-order valence-electron chi connectivity index (χ0n) is 11.7. The van der Waals surface area contributed by atoms with E-state index in [2.05, 4.69) is 34.1 Å². The number of halogens is 3. The van der Waals surface area contributed by atoms with Gasteiger partial charge in [0.25, 0.3) is 0 Å². The van der Waals surface area contributed by atoms with Crippen molar-refractivity contribution >= 4 is 39.1 Å². The van der Waals surface area contributed by atoms with Crippen LogP contribution in [0, 0.1) is 0 Å². The van der Waals surface area contributed by atoms with Crippen LogP contribution >= 0.6 is 39.1 Å². The SMILES string of the molecule is Clc1ccccc1-c1cc(CBr)cc(-c2ccccc2Cl)c1. The van der Waals surface area contributed by atoms with E-state index in [1.54, 1.807) is 0 Å². The molecule has 0 atom stereocenters. The van der Waals surface area contributed by atoms with Gasteiger partial charge in [-0.25, -0.2) is 0 Å². The molecule has 0 aliphatic heterocycles. The molecule has 0 nitrogen and oxygen atoms in total. The summed E-state index contributed by atoms with van der Waals surface area (Å²) in [5.41, 5.74) is 5.43. The number of hydrogen-bond acceptors (Lipinski definition) is 0. The lowest BCUT2D eigenvalue weighted by molar-refractivity contribution is 1.43. The van der Waals surface area contributed by atoms with Gasteiger partial charge in [-0.2, -0.15) is 0 Å². The fourth-order valence-corrected chi connectivity index (χ4v) is 3.28. The Morgan fingerprint density at radius 3 is 1.55 bits per heavy atom. The molecule has 0 unspecified atom stereocenters. The summed E-state index contributed by atoms with van der Waals surface area (Å²) in [5.74, 6) is 0. The standard InChI is InChI=1S/C19H13BrCl2/c20-12-13-9-14(16-5-1-3-7-18(16)21)11-15(10-13)17-6-2-4-8-19(17)22/h1-11H,12H2. The summed E-state index contributed by atoms with van der Waals surface area (Å²) < 4.78 is 0. The predicted octanol–water partition coefficient (Wildman–Crippen LogP) is 7.22. The summed E-state index contributed by atoms with van der Waals surface area (Å²) in [5, 5.41) is 2.28. The van der Waals surface area contributed by atoms with Gasteiger partial charge in [-0.05, 0) is 34.9 Å². The second kappa shape index (κ2) is 6.87. The molecule has 3 rings (SSSR count). The van der Waals surface area contributed by atoms with Gasteiger partial charge in [-0.3, -0.25) is 0 Å². The molecule has 3 heteroatoms. The van der Waals surface area contributed by atoms with Crippen LogP contribution in [0.25, 0.3) is 22.3 Å². The van der Waals surface area contributed by atoms with Crippen molar-refractivity contribution in [1.29, 1.82) is 0 Å². The average Bonchev–Trinajstić information content (AvgIpc) is 2.55. The average molecular weight is 392 g/mol. The molecule has 0 bridgehead atoms. The molecule has 0 fully saturated rings. The lowest BCUT2D eigenvalue weighted by atomic mass is 9.96. The minimum absolute atomic E-state index is 0.749. The second-order valence-corrected chi connectivity index (χ2v) is 6.39. The summed E-state index contributed by atoms with van der Waals surface area (Å²) in [6.45, 7) is 0. The fraction of sp³-hybridized carbons (Fsp3) is 0.0526. The van der Waals surface area contributed by atoms with Crippen molar-refractivity contribution in [2.24, 2.45) is 0 Å². The Morgan fingerprint density at radius 2 is 1.14 bits per heavy atom. The first-order chi connectivity index (χ1) is 10.7. The van der Waals surface area contributed by atoms with Gasteiger partial charge in [0.15, 0.2) is 0 Å². The van der Waals surface area contributed by atoms with Crippen LogP contribution in [0.1, 0.15) is 5.56 Å². The Morgan fingerprint density at radius 1 is 0.682 bits per heavy atom. The van der Waals surface area contributed by atoms with Crippen LogP contribution in [-0.4, -0.2) is 0 Å². The van der Waals surface area contributed by atoms with Gasteiger partial charge in [0, 0.05) is 26.5 Å². The molecule has 0 saturated heterocycles. The highest BCUT2D eigenvalue weighted by atomic mass is 79.9. The Labute approximate surface area is 148 Å². The molecule has 0 saturated carbocycles. The Bertz CT molecular complexity index is 748. The quantitative estimate of drug-likeness (QED) is 0.413.